The molecule has 4 aromatic rings. The molecule has 0 fully saturated rings. The van der Waals surface area contributed by atoms with Gasteiger partial charge >= 0.3 is 0 Å². The van der Waals surface area contributed by atoms with Gasteiger partial charge in [-0.05, 0) is 54.8 Å². The van der Waals surface area contributed by atoms with Crippen LogP contribution in [0.5, 0.6) is 0 Å². The van der Waals surface area contributed by atoms with Crippen molar-refractivity contribution in [1.29, 1.82) is 0 Å². The van der Waals surface area contributed by atoms with Gasteiger partial charge in [0.2, 0.25) is 10.0 Å². The van der Waals surface area contributed by atoms with E-state index in [1.165, 1.54) is 42.1 Å². The van der Waals surface area contributed by atoms with Crippen LogP contribution in [0, 0.1) is 5.82 Å². The molecule has 238 valence electrons. The number of halogens is 1. The number of amides is 2. The Morgan fingerprint density at radius 3 is 2.22 bits per heavy atom. The molecule has 3 atom stereocenters. The molecule has 0 saturated carbocycles. The van der Waals surface area contributed by atoms with Crippen LogP contribution in [0.25, 0.3) is 0 Å². The molecule has 0 spiro atoms. The van der Waals surface area contributed by atoms with Gasteiger partial charge in [0.25, 0.3) is 11.8 Å². The first-order valence-corrected chi connectivity index (χ1v) is 16.0. The normalized spacial score (nSPS) is 13.5. The van der Waals surface area contributed by atoms with E-state index in [4.69, 9.17) is 5.73 Å². The number of aliphatic hydroxyl groups excluding tert-OH is 1. The van der Waals surface area contributed by atoms with Gasteiger partial charge in [-0.1, -0.05) is 47.7 Å². The summed E-state index contributed by atoms with van der Waals surface area (Å²) in [6, 6.07) is 17.6. The predicted molar refractivity (Wildman–Crippen MR) is 167 cm³/mol. The third-order valence-corrected chi connectivity index (χ3v) is 8.48. The Morgan fingerprint density at radius 1 is 1.02 bits per heavy atom. The van der Waals surface area contributed by atoms with Crippen molar-refractivity contribution in [3.63, 3.8) is 0 Å². The maximum absolute atomic E-state index is 13.7. The number of nitrogens with one attached hydrogen (secondary N) is 2. The van der Waals surface area contributed by atoms with Gasteiger partial charge in [0.1, 0.15) is 5.82 Å². The van der Waals surface area contributed by atoms with Crippen LogP contribution in [0.3, 0.4) is 0 Å². The molecule has 3 aromatic carbocycles. The number of nitrogens with two attached hydrogens (primary N) is 1. The first-order valence-electron chi connectivity index (χ1n) is 14.1. The molecule has 14 heteroatoms. The number of carbonyl (C=O) groups excluding carboxylic acids is 2. The molecule has 12 nitrogen and oxygen atoms in total. The Bertz CT molecular complexity index is 1730. The number of anilines is 1. The highest BCUT2D eigenvalue weighted by Crippen LogP contribution is 2.23. The molecular weight excluding hydrogens is 601 g/mol. The van der Waals surface area contributed by atoms with Crippen LogP contribution >= 0.6 is 0 Å². The number of nitrogens with zero attached hydrogens (tertiary/aromatic N) is 4. The second-order valence-corrected chi connectivity index (χ2v) is 12.7. The third kappa shape index (κ3) is 8.94. The Balaban J connectivity index is 1.64. The quantitative estimate of drug-likeness (QED) is 0.173. The second-order valence-electron chi connectivity index (χ2n) is 10.7. The number of sulfonamides is 1. The number of hydrogen-bond donors (Lipinski definition) is 4. The molecule has 1 aromatic heterocycles. The summed E-state index contributed by atoms with van der Waals surface area (Å²) in [5, 5.41) is 24.8. The molecular formula is C31H36FN7O5S. The lowest BCUT2D eigenvalue weighted by atomic mass is 10.00. The highest BCUT2D eigenvalue weighted by molar-refractivity contribution is 7.92. The average Bonchev–Trinajstić information content (AvgIpc) is 3.47. The van der Waals surface area contributed by atoms with E-state index >= 15 is 0 Å². The van der Waals surface area contributed by atoms with E-state index in [0.29, 0.717) is 11.3 Å². The van der Waals surface area contributed by atoms with Gasteiger partial charge < -0.3 is 21.5 Å². The summed E-state index contributed by atoms with van der Waals surface area (Å²) >= 11 is 0. The lowest BCUT2D eigenvalue weighted by Gasteiger charge is -2.25. The molecule has 0 bridgehead atoms. The van der Waals surface area contributed by atoms with Crippen LogP contribution in [-0.2, 0) is 29.5 Å². The molecule has 0 saturated heterocycles. The fraction of sp³-hybridized carbons (Fsp3) is 0.290. The summed E-state index contributed by atoms with van der Waals surface area (Å²) in [6.07, 6.45) is 1.76. The van der Waals surface area contributed by atoms with Crippen LogP contribution in [0.15, 0.2) is 79.0 Å². The molecule has 1 heterocycles. The SMILES string of the molecule is C[C@@H](NC(=O)c1cc(C(=O)N[C@@H](Cc2ccccc2)[C@@H](O)Cn2cc(CN)nn2)cc(N(C)S(C)(=O)=O)c1)c1ccc(F)cc1. The molecule has 0 aliphatic carbocycles. The fourth-order valence-electron chi connectivity index (χ4n) is 4.60. The topological polar surface area (TPSA) is 173 Å². The average molecular weight is 638 g/mol. The minimum atomic E-state index is -3.75. The van der Waals surface area contributed by atoms with Crippen molar-refractivity contribution in [2.45, 2.75) is 44.6 Å². The van der Waals surface area contributed by atoms with Crippen LogP contribution in [-0.4, -0.2) is 65.8 Å². The minimum Gasteiger partial charge on any atom is -0.389 e. The summed E-state index contributed by atoms with van der Waals surface area (Å²) in [4.78, 5) is 27.1. The van der Waals surface area contributed by atoms with Crippen molar-refractivity contribution in [1.82, 2.24) is 25.6 Å². The zero-order chi connectivity index (χ0) is 32.7. The van der Waals surface area contributed by atoms with Crippen molar-refractivity contribution in [3.8, 4) is 0 Å². The van der Waals surface area contributed by atoms with E-state index in [1.807, 2.05) is 30.3 Å². The number of rotatable bonds is 13. The zero-order valence-electron chi connectivity index (χ0n) is 25.1. The van der Waals surface area contributed by atoms with E-state index in [0.717, 1.165) is 16.1 Å². The van der Waals surface area contributed by atoms with Crippen molar-refractivity contribution in [2.24, 2.45) is 5.73 Å². The van der Waals surface area contributed by atoms with Gasteiger partial charge in [0, 0.05) is 30.9 Å². The Morgan fingerprint density at radius 2 is 1.64 bits per heavy atom. The number of aromatic nitrogens is 3. The fourth-order valence-corrected chi connectivity index (χ4v) is 5.09. The van der Waals surface area contributed by atoms with Crippen molar-refractivity contribution < 1.29 is 27.5 Å². The second kappa shape index (κ2) is 14.4. The lowest BCUT2D eigenvalue weighted by Crippen LogP contribution is -2.46. The molecule has 2 amide bonds. The van der Waals surface area contributed by atoms with Gasteiger partial charge in [-0.15, -0.1) is 5.10 Å². The summed E-state index contributed by atoms with van der Waals surface area (Å²) in [7, 11) is -2.44. The van der Waals surface area contributed by atoms with E-state index in [-0.39, 0.29) is 36.3 Å². The molecule has 45 heavy (non-hydrogen) atoms. The van der Waals surface area contributed by atoms with E-state index < -0.39 is 45.8 Å². The highest BCUT2D eigenvalue weighted by Gasteiger charge is 2.26. The van der Waals surface area contributed by atoms with Crippen LogP contribution in [0.4, 0.5) is 10.1 Å². The summed E-state index contributed by atoms with van der Waals surface area (Å²) in [6.45, 7) is 1.90. The Hall–Kier alpha value is -4.66. The largest absolute Gasteiger partial charge is 0.389 e. The molecule has 5 N–H and O–H groups in total. The van der Waals surface area contributed by atoms with Crippen LogP contribution in [0.2, 0.25) is 0 Å². The molecule has 0 aliphatic heterocycles. The predicted octanol–water partition coefficient (Wildman–Crippen LogP) is 2.16. The van der Waals surface area contributed by atoms with Crippen LogP contribution < -0.4 is 20.7 Å². The number of carbonyl (C=O) groups is 2. The van der Waals surface area contributed by atoms with Gasteiger partial charge in [-0.25, -0.2) is 17.5 Å². The van der Waals surface area contributed by atoms with Gasteiger partial charge in [-0.3, -0.25) is 13.9 Å². The van der Waals surface area contributed by atoms with Crippen molar-refractivity contribution in [2.75, 3.05) is 17.6 Å². The zero-order valence-corrected chi connectivity index (χ0v) is 25.9. The van der Waals surface area contributed by atoms with Crippen molar-refractivity contribution >= 4 is 27.5 Å². The molecule has 0 radical (unpaired) electrons. The maximum atomic E-state index is 13.7. The van der Waals surface area contributed by atoms with E-state index in [1.54, 1.807) is 25.3 Å². The maximum Gasteiger partial charge on any atom is 0.251 e. The molecule has 0 unspecified atom stereocenters. The Labute approximate surface area is 261 Å². The van der Waals surface area contributed by atoms with Crippen molar-refractivity contribution in [3.05, 3.63) is 113 Å². The molecule has 0 aliphatic rings. The number of aliphatic hydroxyl groups is 1. The van der Waals surface area contributed by atoms with Gasteiger partial charge in [0.15, 0.2) is 0 Å². The number of hydrogen-bond acceptors (Lipinski definition) is 8. The van der Waals surface area contributed by atoms with Gasteiger partial charge in [-0.2, -0.15) is 0 Å². The summed E-state index contributed by atoms with van der Waals surface area (Å²) < 4.78 is 40.6. The summed E-state index contributed by atoms with van der Waals surface area (Å²) in [5.74, 6) is -1.63. The van der Waals surface area contributed by atoms with Gasteiger partial charge in [0.05, 0.1) is 42.4 Å². The summed E-state index contributed by atoms with van der Waals surface area (Å²) in [5.41, 5.74) is 7.77. The van der Waals surface area contributed by atoms with E-state index in [2.05, 4.69) is 20.9 Å². The third-order valence-electron chi connectivity index (χ3n) is 7.27. The standard InChI is InChI=1S/C31H36FN7O5S/c1-20(22-9-11-25(32)12-10-22)34-30(41)23-14-24(16-27(15-23)38(2)45(3,43)44)31(42)35-28(13-21-7-5-4-6-8-21)29(40)19-39-18-26(17-33)36-37-39/h4-12,14-16,18,20,28-29,40H,13,17,19,33H2,1-3H3,(H,34,41)(H,35,42)/t20-,28+,29+/m1/s1. The Kier molecular flexibility index (Phi) is 10.6. The first-order chi connectivity index (χ1) is 21.3. The monoisotopic (exact) mass is 637 g/mol. The lowest BCUT2D eigenvalue weighted by molar-refractivity contribution is 0.0779. The minimum absolute atomic E-state index is 0.000907. The van der Waals surface area contributed by atoms with Crippen LogP contribution in [0.1, 0.15) is 50.5 Å². The molecule has 4 rings (SSSR count). The van der Waals surface area contributed by atoms with E-state index in [9.17, 15) is 27.5 Å². The highest BCUT2D eigenvalue weighted by atomic mass is 32.2. The first kappa shape index (κ1) is 33.2. The number of benzene rings is 3. The smallest absolute Gasteiger partial charge is 0.251 e.